The molecule has 0 aromatic heterocycles. The lowest BCUT2D eigenvalue weighted by atomic mass is 10.1. The number of rotatable bonds is 13. The van der Waals surface area contributed by atoms with Gasteiger partial charge in [0.1, 0.15) is 0 Å². The number of aryl methyl sites for hydroxylation is 1. The van der Waals surface area contributed by atoms with Crippen LogP contribution >= 0.6 is 24.0 Å². The third-order valence-electron chi connectivity index (χ3n) is 3.55. The first-order valence-corrected chi connectivity index (χ1v) is 9.00. The van der Waals surface area contributed by atoms with Crippen molar-refractivity contribution in [3.05, 3.63) is 35.9 Å². The maximum Gasteiger partial charge on any atom is 0.191 e. The topological polar surface area (TPSA) is 54.9 Å². The Labute approximate surface area is 170 Å². The summed E-state index contributed by atoms with van der Waals surface area (Å²) in [6.07, 6.45) is 4.44. The van der Waals surface area contributed by atoms with Crippen LogP contribution in [-0.4, -0.2) is 52.5 Å². The maximum absolute atomic E-state index is 5.52. The molecule has 0 unspecified atom stereocenters. The first-order chi connectivity index (χ1) is 11.9. The van der Waals surface area contributed by atoms with Crippen LogP contribution in [0.25, 0.3) is 0 Å². The number of unbranched alkanes of at least 4 members (excludes halogenated alkanes) is 1. The summed E-state index contributed by atoms with van der Waals surface area (Å²) >= 11 is 0. The van der Waals surface area contributed by atoms with Crippen molar-refractivity contribution in [3.8, 4) is 0 Å². The number of halogens is 1. The molecule has 0 amide bonds. The summed E-state index contributed by atoms with van der Waals surface area (Å²) in [6, 6.07) is 10.5. The number of ether oxygens (including phenoxy) is 2. The van der Waals surface area contributed by atoms with Crippen molar-refractivity contribution in [2.24, 2.45) is 4.99 Å². The van der Waals surface area contributed by atoms with E-state index in [9.17, 15) is 0 Å². The minimum atomic E-state index is 0. The number of hydrogen-bond donors (Lipinski definition) is 2. The molecule has 0 aliphatic heterocycles. The Morgan fingerprint density at radius 1 is 0.920 bits per heavy atom. The molecule has 6 heteroatoms. The number of guanidine groups is 1. The SMILES string of the molecule is CCCCOCCOCCNC(=NC)NCCCc1ccccc1.I. The van der Waals surface area contributed by atoms with E-state index in [2.05, 4.69) is 46.8 Å². The van der Waals surface area contributed by atoms with Crippen LogP contribution in [0.1, 0.15) is 31.7 Å². The molecule has 25 heavy (non-hydrogen) atoms. The summed E-state index contributed by atoms with van der Waals surface area (Å²) in [5.41, 5.74) is 1.37. The molecule has 144 valence electrons. The second-order valence-corrected chi connectivity index (χ2v) is 5.59. The highest BCUT2D eigenvalue weighted by atomic mass is 127. The van der Waals surface area contributed by atoms with E-state index in [1.807, 2.05) is 6.07 Å². The molecular weight excluding hydrogens is 429 g/mol. The van der Waals surface area contributed by atoms with Crippen molar-refractivity contribution in [1.29, 1.82) is 0 Å². The monoisotopic (exact) mass is 463 g/mol. The molecule has 1 aromatic carbocycles. The second-order valence-electron chi connectivity index (χ2n) is 5.59. The van der Waals surface area contributed by atoms with E-state index in [4.69, 9.17) is 9.47 Å². The van der Waals surface area contributed by atoms with Gasteiger partial charge in [0, 0.05) is 26.7 Å². The fraction of sp³-hybridized carbons (Fsp3) is 0.632. The maximum atomic E-state index is 5.52. The molecule has 0 atom stereocenters. The molecule has 0 spiro atoms. The Hall–Kier alpha value is -0.860. The van der Waals surface area contributed by atoms with E-state index in [1.54, 1.807) is 7.05 Å². The Bertz CT molecular complexity index is 430. The molecular formula is C19H34IN3O2. The van der Waals surface area contributed by atoms with Crippen LogP contribution < -0.4 is 10.6 Å². The Morgan fingerprint density at radius 3 is 2.28 bits per heavy atom. The van der Waals surface area contributed by atoms with E-state index in [0.29, 0.717) is 19.8 Å². The zero-order valence-corrected chi connectivity index (χ0v) is 18.0. The van der Waals surface area contributed by atoms with Gasteiger partial charge in [-0.15, -0.1) is 24.0 Å². The third kappa shape index (κ3) is 14.0. The number of benzene rings is 1. The van der Waals surface area contributed by atoms with Crippen molar-refractivity contribution >= 4 is 29.9 Å². The van der Waals surface area contributed by atoms with Crippen LogP contribution in [0.4, 0.5) is 0 Å². The largest absolute Gasteiger partial charge is 0.379 e. The van der Waals surface area contributed by atoms with Gasteiger partial charge in [0.05, 0.1) is 19.8 Å². The predicted octanol–water partition coefficient (Wildman–Crippen LogP) is 3.24. The summed E-state index contributed by atoms with van der Waals surface area (Å²) in [6.45, 7) is 6.61. The van der Waals surface area contributed by atoms with Gasteiger partial charge in [-0.25, -0.2) is 0 Å². The van der Waals surface area contributed by atoms with Crippen molar-refractivity contribution < 1.29 is 9.47 Å². The fourth-order valence-electron chi connectivity index (χ4n) is 2.17. The summed E-state index contributed by atoms with van der Waals surface area (Å²) in [5.74, 6) is 0.825. The van der Waals surface area contributed by atoms with E-state index in [0.717, 1.165) is 44.9 Å². The average Bonchev–Trinajstić information content (AvgIpc) is 2.63. The summed E-state index contributed by atoms with van der Waals surface area (Å²) in [4.78, 5) is 4.21. The molecule has 0 saturated carbocycles. The number of hydrogen-bond acceptors (Lipinski definition) is 3. The van der Waals surface area contributed by atoms with Gasteiger partial charge in [0.2, 0.25) is 0 Å². The van der Waals surface area contributed by atoms with Gasteiger partial charge in [0.15, 0.2) is 5.96 Å². The smallest absolute Gasteiger partial charge is 0.191 e. The standard InChI is InChI=1S/C19H33N3O2.HI/c1-3-4-14-23-16-17-24-15-13-22-19(20-2)21-12-8-11-18-9-6-5-7-10-18;/h5-7,9-10H,3-4,8,11-17H2,1-2H3,(H2,20,21,22);1H. The third-order valence-corrected chi connectivity index (χ3v) is 3.55. The van der Waals surface area contributed by atoms with Crippen LogP contribution in [0, 0.1) is 0 Å². The molecule has 0 aliphatic rings. The molecule has 1 aromatic rings. The lowest BCUT2D eigenvalue weighted by Crippen LogP contribution is -2.39. The molecule has 0 saturated heterocycles. The van der Waals surface area contributed by atoms with E-state index in [1.165, 1.54) is 12.0 Å². The van der Waals surface area contributed by atoms with Gasteiger partial charge in [-0.3, -0.25) is 4.99 Å². The second kappa shape index (κ2) is 17.9. The predicted molar refractivity (Wildman–Crippen MR) is 116 cm³/mol. The van der Waals surface area contributed by atoms with Gasteiger partial charge in [-0.1, -0.05) is 43.7 Å². The van der Waals surface area contributed by atoms with E-state index in [-0.39, 0.29) is 24.0 Å². The molecule has 0 heterocycles. The van der Waals surface area contributed by atoms with Crippen LogP contribution in [-0.2, 0) is 15.9 Å². The van der Waals surface area contributed by atoms with Gasteiger partial charge in [0.25, 0.3) is 0 Å². The number of nitrogens with zero attached hydrogens (tertiary/aromatic N) is 1. The highest BCUT2D eigenvalue weighted by Crippen LogP contribution is 2.01. The molecule has 0 fully saturated rings. The van der Waals surface area contributed by atoms with E-state index >= 15 is 0 Å². The first kappa shape index (κ1) is 24.1. The summed E-state index contributed by atoms with van der Waals surface area (Å²) in [7, 11) is 1.79. The van der Waals surface area contributed by atoms with Crippen molar-refractivity contribution in [1.82, 2.24) is 10.6 Å². The van der Waals surface area contributed by atoms with Crippen LogP contribution in [0.15, 0.2) is 35.3 Å². The van der Waals surface area contributed by atoms with Crippen LogP contribution in [0.2, 0.25) is 0 Å². The highest BCUT2D eigenvalue weighted by molar-refractivity contribution is 14.0. The van der Waals surface area contributed by atoms with Gasteiger partial charge < -0.3 is 20.1 Å². The Kier molecular flexibility index (Phi) is 17.3. The highest BCUT2D eigenvalue weighted by Gasteiger charge is 1.97. The zero-order valence-electron chi connectivity index (χ0n) is 15.6. The quantitative estimate of drug-likeness (QED) is 0.204. The molecule has 0 bridgehead atoms. The van der Waals surface area contributed by atoms with Crippen molar-refractivity contribution in [2.45, 2.75) is 32.6 Å². The fourth-order valence-corrected chi connectivity index (χ4v) is 2.17. The normalized spacial score (nSPS) is 11.0. The number of aliphatic imine (C=N–C) groups is 1. The zero-order chi connectivity index (χ0) is 17.3. The lowest BCUT2D eigenvalue weighted by Gasteiger charge is -2.12. The van der Waals surface area contributed by atoms with Crippen LogP contribution in [0.3, 0.4) is 0 Å². The Morgan fingerprint density at radius 2 is 1.60 bits per heavy atom. The van der Waals surface area contributed by atoms with Gasteiger partial charge >= 0.3 is 0 Å². The molecule has 0 radical (unpaired) electrons. The minimum Gasteiger partial charge on any atom is -0.379 e. The summed E-state index contributed by atoms with van der Waals surface area (Å²) in [5, 5.41) is 6.58. The average molecular weight is 463 g/mol. The molecule has 1 rings (SSSR count). The van der Waals surface area contributed by atoms with Crippen molar-refractivity contribution in [2.75, 3.05) is 46.6 Å². The molecule has 0 aliphatic carbocycles. The summed E-state index contributed by atoms with van der Waals surface area (Å²) < 4.78 is 11.0. The lowest BCUT2D eigenvalue weighted by molar-refractivity contribution is 0.0487. The Balaban J connectivity index is 0.00000576. The van der Waals surface area contributed by atoms with Gasteiger partial charge in [-0.05, 0) is 24.8 Å². The minimum absolute atomic E-state index is 0. The number of nitrogens with one attached hydrogen (secondary N) is 2. The molecule has 5 nitrogen and oxygen atoms in total. The molecule has 2 N–H and O–H groups in total. The van der Waals surface area contributed by atoms with Crippen molar-refractivity contribution in [3.63, 3.8) is 0 Å². The first-order valence-electron chi connectivity index (χ1n) is 9.00. The van der Waals surface area contributed by atoms with Crippen LogP contribution in [0.5, 0.6) is 0 Å². The van der Waals surface area contributed by atoms with E-state index < -0.39 is 0 Å². The van der Waals surface area contributed by atoms with Gasteiger partial charge in [-0.2, -0.15) is 0 Å².